The highest BCUT2D eigenvalue weighted by molar-refractivity contribution is 6.30. The molecule has 1 unspecified atom stereocenters. The van der Waals surface area contributed by atoms with E-state index in [0.717, 1.165) is 5.56 Å². The lowest BCUT2D eigenvalue weighted by molar-refractivity contribution is 0.0939. The minimum absolute atomic E-state index is 0.127. The van der Waals surface area contributed by atoms with Gasteiger partial charge in [-0.05, 0) is 42.8 Å². The smallest absolute Gasteiger partial charge is 0.251 e. The second-order valence-electron chi connectivity index (χ2n) is 4.82. The fourth-order valence-electron chi connectivity index (χ4n) is 2.09. The number of methoxy groups -OCH3 is 2. The van der Waals surface area contributed by atoms with Crippen molar-refractivity contribution in [1.29, 1.82) is 0 Å². The normalized spacial score (nSPS) is 11.6. The molecular weight excluding hydrogens is 302 g/mol. The Hall–Kier alpha value is -2.20. The molecule has 2 aromatic rings. The molecule has 0 fully saturated rings. The Balaban J connectivity index is 2.13. The minimum Gasteiger partial charge on any atom is -0.493 e. The number of halogens is 1. The predicted molar refractivity (Wildman–Crippen MR) is 86.9 cm³/mol. The molecule has 4 nitrogen and oxygen atoms in total. The van der Waals surface area contributed by atoms with Gasteiger partial charge in [-0.2, -0.15) is 0 Å². The number of carbonyl (C=O) groups is 1. The maximum Gasteiger partial charge on any atom is 0.251 e. The van der Waals surface area contributed by atoms with Gasteiger partial charge >= 0.3 is 0 Å². The molecule has 0 saturated carbocycles. The van der Waals surface area contributed by atoms with Crippen molar-refractivity contribution in [3.05, 3.63) is 58.6 Å². The molecule has 2 aromatic carbocycles. The van der Waals surface area contributed by atoms with Crippen LogP contribution in [0, 0.1) is 0 Å². The van der Waals surface area contributed by atoms with Crippen LogP contribution in [0.5, 0.6) is 11.5 Å². The van der Waals surface area contributed by atoms with Gasteiger partial charge < -0.3 is 14.8 Å². The van der Waals surface area contributed by atoms with E-state index in [4.69, 9.17) is 21.1 Å². The van der Waals surface area contributed by atoms with Gasteiger partial charge in [0, 0.05) is 10.6 Å². The molecule has 0 aliphatic heterocycles. The van der Waals surface area contributed by atoms with Crippen molar-refractivity contribution in [1.82, 2.24) is 5.32 Å². The summed E-state index contributed by atoms with van der Waals surface area (Å²) in [5.41, 5.74) is 1.50. The molecule has 0 radical (unpaired) electrons. The summed E-state index contributed by atoms with van der Waals surface area (Å²) in [6.45, 7) is 1.92. The third-order valence-electron chi connectivity index (χ3n) is 3.36. The number of ether oxygens (including phenoxy) is 2. The van der Waals surface area contributed by atoms with Crippen LogP contribution in [0.2, 0.25) is 5.02 Å². The highest BCUT2D eigenvalue weighted by atomic mass is 35.5. The molecule has 5 heteroatoms. The summed E-state index contributed by atoms with van der Waals surface area (Å²) in [6, 6.07) is 12.3. The van der Waals surface area contributed by atoms with Crippen molar-refractivity contribution in [3.8, 4) is 11.5 Å². The molecule has 0 spiro atoms. The number of benzene rings is 2. The van der Waals surface area contributed by atoms with Crippen molar-refractivity contribution in [2.75, 3.05) is 14.2 Å². The van der Waals surface area contributed by atoms with E-state index in [-0.39, 0.29) is 11.9 Å². The van der Waals surface area contributed by atoms with Gasteiger partial charge in [-0.15, -0.1) is 0 Å². The third kappa shape index (κ3) is 3.71. The number of rotatable bonds is 5. The highest BCUT2D eigenvalue weighted by Gasteiger charge is 2.14. The number of carbonyl (C=O) groups excluding carboxylic acids is 1. The van der Waals surface area contributed by atoms with E-state index in [1.165, 1.54) is 7.11 Å². The summed E-state index contributed by atoms with van der Waals surface area (Å²) in [7, 11) is 3.09. The highest BCUT2D eigenvalue weighted by Crippen LogP contribution is 2.27. The first-order chi connectivity index (χ1) is 10.5. The fourth-order valence-corrected chi connectivity index (χ4v) is 2.22. The largest absolute Gasteiger partial charge is 0.493 e. The van der Waals surface area contributed by atoms with Crippen LogP contribution < -0.4 is 14.8 Å². The van der Waals surface area contributed by atoms with E-state index in [1.54, 1.807) is 37.4 Å². The van der Waals surface area contributed by atoms with Gasteiger partial charge in [0.25, 0.3) is 5.91 Å². The van der Waals surface area contributed by atoms with Gasteiger partial charge in [0.05, 0.1) is 20.3 Å². The van der Waals surface area contributed by atoms with E-state index in [9.17, 15) is 4.79 Å². The monoisotopic (exact) mass is 319 g/mol. The average Bonchev–Trinajstić information content (AvgIpc) is 2.54. The first-order valence-electron chi connectivity index (χ1n) is 6.83. The maximum absolute atomic E-state index is 12.3. The second-order valence-corrected chi connectivity index (χ2v) is 5.25. The van der Waals surface area contributed by atoms with E-state index in [2.05, 4.69) is 5.32 Å². The van der Waals surface area contributed by atoms with E-state index in [0.29, 0.717) is 22.1 Å². The molecule has 0 bridgehead atoms. The molecule has 0 aromatic heterocycles. The summed E-state index contributed by atoms with van der Waals surface area (Å²) in [5, 5.41) is 3.61. The molecule has 0 aliphatic rings. The van der Waals surface area contributed by atoms with Gasteiger partial charge in [0.15, 0.2) is 11.5 Å². The molecule has 0 heterocycles. The zero-order chi connectivity index (χ0) is 16.1. The molecule has 0 aliphatic carbocycles. The zero-order valence-electron chi connectivity index (χ0n) is 12.7. The topological polar surface area (TPSA) is 47.6 Å². The molecule has 116 valence electrons. The number of nitrogens with one attached hydrogen (secondary N) is 1. The van der Waals surface area contributed by atoms with E-state index >= 15 is 0 Å². The van der Waals surface area contributed by atoms with Crippen molar-refractivity contribution in [2.24, 2.45) is 0 Å². The quantitative estimate of drug-likeness (QED) is 0.910. The van der Waals surface area contributed by atoms with Crippen molar-refractivity contribution in [3.63, 3.8) is 0 Å². The van der Waals surface area contributed by atoms with Crippen molar-refractivity contribution in [2.45, 2.75) is 13.0 Å². The Kier molecular flexibility index (Phi) is 5.28. The number of amides is 1. The van der Waals surface area contributed by atoms with Gasteiger partial charge in [-0.1, -0.05) is 23.7 Å². The Morgan fingerprint density at radius 2 is 1.68 bits per heavy atom. The second kappa shape index (κ2) is 7.18. The first-order valence-corrected chi connectivity index (χ1v) is 7.21. The lowest BCUT2D eigenvalue weighted by Crippen LogP contribution is -2.26. The Labute approximate surface area is 135 Å². The lowest BCUT2D eigenvalue weighted by Gasteiger charge is -2.15. The molecule has 0 saturated heterocycles. The summed E-state index contributed by atoms with van der Waals surface area (Å²) >= 11 is 5.87. The van der Waals surface area contributed by atoms with Crippen LogP contribution in [0.3, 0.4) is 0 Å². The first kappa shape index (κ1) is 16.2. The van der Waals surface area contributed by atoms with E-state index in [1.807, 2.05) is 19.1 Å². The zero-order valence-corrected chi connectivity index (χ0v) is 13.5. The van der Waals surface area contributed by atoms with Gasteiger partial charge in [-0.25, -0.2) is 0 Å². The van der Waals surface area contributed by atoms with Gasteiger partial charge in [0.2, 0.25) is 0 Å². The predicted octanol–water partition coefficient (Wildman–Crippen LogP) is 3.85. The molecular formula is C17H18ClNO3. The molecule has 2 rings (SSSR count). The maximum atomic E-state index is 12.3. The summed E-state index contributed by atoms with van der Waals surface area (Å²) in [4.78, 5) is 12.3. The van der Waals surface area contributed by atoms with Crippen LogP contribution in [0.1, 0.15) is 28.9 Å². The van der Waals surface area contributed by atoms with Gasteiger partial charge in [-0.3, -0.25) is 4.79 Å². The van der Waals surface area contributed by atoms with Crippen LogP contribution >= 0.6 is 11.6 Å². The Bertz CT molecular complexity index is 655. The van der Waals surface area contributed by atoms with Crippen molar-refractivity contribution >= 4 is 17.5 Å². The molecule has 1 atom stereocenters. The molecule has 22 heavy (non-hydrogen) atoms. The summed E-state index contributed by atoms with van der Waals surface area (Å²) in [5.74, 6) is 0.933. The average molecular weight is 320 g/mol. The van der Waals surface area contributed by atoms with Crippen LogP contribution in [0.25, 0.3) is 0 Å². The SMILES string of the molecule is COc1ccc(C(=O)NC(C)c2ccc(Cl)cc2)cc1OC. The van der Waals surface area contributed by atoms with Crippen LogP contribution in [0.15, 0.2) is 42.5 Å². The number of hydrogen-bond donors (Lipinski definition) is 1. The third-order valence-corrected chi connectivity index (χ3v) is 3.62. The lowest BCUT2D eigenvalue weighted by atomic mass is 10.1. The van der Waals surface area contributed by atoms with E-state index < -0.39 is 0 Å². The van der Waals surface area contributed by atoms with Gasteiger partial charge in [0.1, 0.15) is 0 Å². The standard InChI is InChI=1S/C17H18ClNO3/c1-11(12-4-7-14(18)8-5-12)19-17(20)13-6-9-15(21-2)16(10-13)22-3/h4-11H,1-3H3,(H,19,20). The number of hydrogen-bond acceptors (Lipinski definition) is 3. The fraction of sp³-hybridized carbons (Fsp3) is 0.235. The molecule has 1 N–H and O–H groups in total. The molecule has 1 amide bonds. The minimum atomic E-state index is -0.177. The summed E-state index contributed by atoms with van der Waals surface area (Å²) < 4.78 is 10.4. The van der Waals surface area contributed by atoms with Crippen LogP contribution in [-0.4, -0.2) is 20.1 Å². The van der Waals surface area contributed by atoms with Crippen LogP contribution in [-0.2, 0) is 0 Å². The Morgan fingerprint density at radius 1 is 1.05 bits per heavy atom. The summed E-state index contributed by atoms with van der Waals surface area (Å²) in [6.07, 6.45) is 0. The van der Waals surface area contributed by atoms with Crippen molar-refractivity contribution < 1.29 is 14.3 Å². The Morgan fingerprint density at radius 3 is 2.27 bits per heavy atom. The van der Waals surface area contributed by atoms with Crippen LogP contribution in [0.4, 0.5) is 0 Å².